The van der Waals surface area contributed by atoms with Crippen molar-refractivity contribution >= 4 is 34.7 Å². The number of nitrogens with one attached hydrogen (secondary N) is 1. The summed E-state index contributed by atoms with van der Waals surface area (Å²) in [6.07, 6.45) is 0. The predicted octanol–water partition coefficient (Wildman–Crippen LogP) is 3.11. The van der Waals surface area contributed by atoms with Crippen LogP contribution in [0.3, 0.4) is 0 Å². The van der Waals surface area contributed by atoms with Gasteiger partial charge in [-0.1, -0.05) is 11.6 Å². The van der Waals surface area contributed by atoms with Crippen LogP contribution in [0.5, 0.6) is 0 Å². The lowest BCUT2D eigenvalue weighted by Crippen LogP contribution is -2.04. The number of aromatic carboxylic acids is 1. The van der Waals surface area contributed by atoms with E-state index in [2.05, 4.69) is 10.3 Å². The molecule has 0 saturated heterocycles. The fourth-order valence-corrected chi connectivity index (χ4v) is 2.17. The molecule has 0 saturated carbocycles. The molecular weight excluding hydrogens is 260 g/mol. The van der Waals surface area contributed by atoms with Gasteiger partial charge in [-0.15, -0.1) is 0 Å². The Bertz CT molecular complexity index is 528. The number of thiophene rings is 1. The van der Waals surface area contributed by atoms with Crippen LogP contribution in [0.4, 0.5) is 5.82 Å². The van der Waals surface area contributed by atoms with Gasteiger partial charge >= 0.3 is 5.97 Å². The molecule has 17 heavy (non-hydrogen) atoms. The lowest BCUT2D eigenvalue weighted by molar-refractivity contribution is 0.0697. The molecule has 0 aliphatic carbocycles. The maximum atomic E-state index is 10.8. The number of pyridine rings is 1. The van der Waals surface area contributed by atoms with Crippen molar-refractivity contribution in [3.63, 3.8) is 0 Å². The Labute approximate surface area is 107 Å². The largest absolute Gasteiger partial charge is 0.478 e. The quantitative estimate of drug-likeness (QED) is 0.837. The number of carboxylic acids is 1. The minimum absolute atomic E-state index is 0.123. The number of halogens is 1. The van der Waals surface area contributed by atoms with E-state index in [0.717, 1.165) is 5.56 Å². The number of carbonyl (C=O) groups is 1. The van der Waals surface area contributed by atoms with Gasteiger partial charge in [-0.3, -0.25) is 0 Å². The molecule has 0 amide bonds. The van der Waals surface area contributed by atoms with E-state index in [4.69, 9.17) is 16.7 Å². The van der Waals surface area contributed by atoms with E-state index in [1.54, 1.807) is 11.3 Å². The summed E-state index contributed by atoms with van der Waals surface area (Å²) in [6, 6.07) is 4.76. The molecule has 88 valence electrons. The number of aromatic nitrogens is 1. The molecule has 6 heteroatoms. The predicted molar refractivity (Wildman–Crippen MR) is 67.9 cm³/mol. The van der Waals surface area contributed by atoms with Gasteiger partial charge in [-0.25, -0.2) is 9.78 Å². The summed E-state index contributed by atoms with van der Waals surface area (Å²) in [5.74, 6) is -0.561. The Morgan fingerprint density at radius 1 is 1.53 bits per heavy atom. The van der Waals surface area contributed by atoms with E-state index in [1.165, 1.54) is 12.1 Å². The summed E-state index contributed by atoms with van der Waals surface area (Å²) < 4.78 is 0. The van der Waals surface area contributed by atoms with Crippen LogP contribution in [0, 0.1) is 0 Å². The van der Waals surface area contributed by atoms with Crippen LogP contribution in [0.15, 0.2) is 29.0 Å². The van der Waals surface area contributed by atoms with Crippen LogP contribution in [0.1, 0.15) is 15.9 Å². The number of hydrogen-bond donors (Lipinski definition) is 2. The van der Waals surface area contributed by atoms with Gasteiger partial charge in [0.05, 0.1) is 5.56 Å². The zero-order valence-electron chi connectivity index (χ0n) is 8.68. The lowest BCUT2D eigenvalue weighted by Gasteiger charge is -2.05. The number of carboxylic acid groups (broad SMARTS) is 1. The first kappa shape index (κ1) is 11.9. The summed E-state index contributed by atoms with van der Waals surface area (Å²) in [5.41, 5.74) is 1.24. The normalized spacial score (nSPS) is 10.2. The van der Waals surface area contributed by atoms with Gasteiger partial charge in [0.1, 0.15) is 11.0 Å². The van der Waals surface area contributed by atoms with Crippen LogP contribution < -0.4 is 5.32 Å². The first-order chi connectivity index (χ1) is 8.15. The van der Waals surface area contributed by atoms with Crippen LogP contribution >= 0.6 is 22.9 Å². The smallest absolute Gasteiger partial charge is 0.335 e. The zero-order valence-corrected chi connectivity index (χ0v) is 10.3. The van der Waals surface area contributed by atoms with E-state index >= 15 is 0 Å². The maximum Gasteiger partial charge on any atom is 0.335 e. The van der Waals surface area contributed by atoms with Crippen molar-refractivity contribution in [2.75, 3.05) is 5.32 Å². The van der Waals surface area contributed by atoms with Crippen LogP contribution in [-0.2, 0) is 6.54 Å². The molecule has 4 nitrogen and oxygen atoms in total. The lowest BCUT2D eigenvalue weighted by atomic mass is 10.2. The molecule has 0 spiro atoms. The van der Waals surface area contributed by atoms with Gasteiger partial charge in [0.15, 0.2) is 0 Å². The Morgan fingerprint density at radius 3 is 3.00 bits per heavy atom. The molecule has 0 aromatic carbocycles. The van der Waals surface area contributed by atoms with Crippen molar-refractivity contribution in [1.82, 2.24) is 4.98 Å². The SMILES string of the molecule is O=C(O)c1cc(Cl)nc(NCc2ccsc2)c1. The van der Waals surface area contributed by atoms with E-state index < -0.39 is 5.97 Å². The van der Waals surface area contributed by atoms with Crippen molar-refractivity contribution in [1.29, 1.82) is 0 Å². The average molecular weight is 269 g/mol. The van der Waals surface area contributed by atoms with Gasteiger partial charge in [-0.05, 0) is 34.5 Å². The van der Waals surface area contributed by atoms with Crippen LogP contribution in [0.25, 0.3) is 0 Å². The summed E-state index contributed by atoms with van der Waals surface area (Å²) in [5, 5.41) is 16.1. The Hall–Kier alpha value is -1.59. The third-order valence-corrected chi connectivity index (χ3v) is 3.02. The Morgan fingerprint density at radius 2 is 2.35 bits per heavy atom. The number of nitrogens with zero attached hydrogens (tertiary/aromatic N) is 1. The first-order valence-electron chi connectivity index (χ1n) is 4.81. The van der Waals surface area contributed by atoms with Crippen LogP contribution in [0.2, 0.25) is 5.15 Å². The number of hydrogen-bond acceptors (Lipinski definition) is 4. The molecule has 2 aromatic rings. The molecular formula is C11H9ClN2O2S. The Kier molecular flexibility index (Phi) is 3.61. The highest BCUT2D eigenvalue weighted by atomic mass is 35.5. The van der Waals surface area contributed by atoms with Gasteiger partial charge in [0.25, 0.3) is 0 Å². The van der Waals surface area contributed by atoms with Crippen molar-refractivity contribution in [2.45, 2.75) is 6.54 Å². The molecule has 0 aliphatic rings. The molecule has 0 radical (unpaired) electrons. The minimum atomic E-state index is -1.02. The van der Waals surface area contributed by atoms with Gasteiger partial charge < -0.3 is 10.4 Å². The minimum Gasteiger partial charge on any atom is -0.478 e. The van der Waals surface area contributed by atoms with Crippen LogP contribution in [-0.4, -0.2) is 16.1 Å². The summed E-state index contributed by atoms with van der Waals surface area (Å²) in [7, 11) is 0. The summed E-state index contributed by atoms with van der Waals surface area (Å²) in [4.78, 5) is 14.8. The summed E-state index contributed by atoms with van der Waals surface area (Å²) >= 11 is 7.35. The fourth-order valence-electron chi connectivity index (χ4n) is 1.30. The fraction of sp³-hybridized carbons (Fsp3) is 0.0909. The highest BCUT2D eigenvalue weighted by molar-refractivity contribution is 7.07. The molecule has 2 heterocycles. The molecule has 2 aromatic heterocycles. The molecule has 2 rings (SSSR count). The third kappa shape index (κ3) is 3.18. The van der Waals surface area contributed by atoms with Gasteiger partial charge in [0.2, 0.25) is 0 Å². The highest BCUT2D eigenvalue weighted by Gasteiger charge is 2.07. The molecule has 0 bridgehead atoms. The molecule has 0 aliphatic heterocycles. The topological polar surface area (TPSA) is 62.2 Å². The molecule has 0 fully saturated rings. The van der Waals surface area contributed by atoms with E-state index in [9.17, 15) is 4.79 Å². The van der Waals surface area contributed by atoms with E-state index in [0.29, 0.717) is 12.4 Å². The summed E-state index contributed by atoms with van der Waals surface area (Å²) in [6.45, 7) is 0.593. The molecule has 0 atom stereocenters. The standard InChI is InChI=1S/C11H9ClN2O2S/c12-9-3-8(11(15)16)4-10(14-9)13-5-7-1-2-17-6-7/h1-4,6H,5H2,(H,13,14)(H,15,16). The van der Waals surface area contributed by atoms with Crippen molar-refractivity contribution in [3.05, 3.63) is 45.2 Å². The number of rotatable bonds is 4. The third-order valence-electron chi connectivity index (χ3n) is 2.09. The van der Waals surface area contributed by atoms with E-state index in [-0.39, 0.29) is 10.7 Å². The monoisotopic (exact) mass is 268 g/mol. The second kappa shape index (κ2) is 5.16. The van der Waals surface area contributed by atoms with E-state index in [1.807, 2.05) is 16.8 Å². The Balaban J connectivity index is 2.13. The van der Waals surface area contributed by atoms with Gasteiger partial charge in [-0.2, -0.15) is 11.3 Å². The zero-order chi connectivity index (χ0) is 12.3. The molecule has 0 unspecified atom stereocenters. The number of anilines is 1. The first-order valence-corrected chi connectivity index (χ1v) is 6.13. The average Bonchev–Trinajstić information content (AvgIpc) is 2.78. The second-order valence-corrected chi connectivity index (χ2v) is 4.52. The highest BCUT2D eigenvalue weighted by Crippen LogP contribution is 2.16. The van der Waals surface area contributed by atoms with Crippen molar-refractivity contribution < 1.29 is 9.90 Å². The molecule has 2 N–H and O–H groups in total. The van der Waals surface area contributed by atoms with Crippen molar-refractivity contribution in [2.24, 2.45) is 0 Å². The van der Waals surface area contributed by atoms with Crippen molar-refractivity contribution in [3.8, 4) is 0 Å². The second-order valence-electron chi connectivity index (χ2n) is 3.35. The van der Waals surface area contributed by atoms with Gasteiger partial charge in [0, 0.05) is 6.54 Å². The maximum absolute atomic E-state index is 10.8.